The van der Waals surface area contributed by atoms with Crippen molar-refractivity contribution in [2.24, 2.45) is 0 Å². The standard InChI is InChI=1S/C13H20F3N3O4/c1-12(2,3)23-11(22)19-6-4-18(5-7-19)9(20)8-17-10(21)13(14,15)16/h4-8H2,1-3H3,(H,17,21). The number of ether oxygens (including phenoxy) is 1. The highest BCUT2D eigenvalue weighted by Gasteiger charge is 2.39. The lowest BCUT2D eigenvalue weighted by atomic mass is 10.2. The first-order valence-corrected chi connectivity index (χ1v) is 7.01. The van der Waals surface area contributed by atoms with Gasteiger partial charge in [0.2, 0.25) is 5.91 Å². The van der Waals surface area contributed by atoms with Crippen molar-refractivity contribution in [3.8, 4) is 0 Å². The van der Waals surface area contributed by atoms with E-state index in [-0.39, 0.29) is 26.2 Å². The lowest BCUT2D eigenvalue weighted by Gasteiger charge is -2.35. The molecule has 1 heterocycles. The molecule has 1 aliphatic rings. The van der Waals surface area contributed by atoms with Gasteiger partial charge in [0, 0.05) is 26.2 Å². The van der Waals surface area contributed by atoms with Crippen molar-refractivity contribution >= 4 is 17.9 Å². The molecule has 0 aromatic heterocycles. The molecular weight excluding hydrogens is 319 g/mol. The van der Waals surface area contributed by atoms with Crippen molar-refractivity contribution in [3.05, 3.63) is 0 Å². The largest absolute Gasteiger partial charge is 0.471 e. The van der Waals surface area contributed by atoms with E-state index in [1.165, 1.54) is 15.1 Å². The Balaban J connectivity index is 2.40. The van der Waals surface area contributed by atoms with Crippen LogP contribution >= 0.6 is 0 Å². The number of rotatable bonds is 2. The molecule has 3 amide bonds. The zero-order valence-corrected chi connectivity index (χ0v) is 13.2. The molecule has 0 aromatic carbocycles. The molecule has 23 heavy (non-hydrogen) atoms. The molecule has 1 saturated heterocycles. The lowest BCUT2D eigenvalue weighted by Crippen LogP contribution is -2.53. The maximum Gasteiger partial charge on any atom is 0.471 e. The van der Waals surface area contributed by atoms with Gasteiger partial charge in [-0.05, 0) is 20.8 Å². The van der Waals surface area contributed by atoms with E-state index in [2.05, 4.69) is 0 Å². The van der Waals surface area contributed by atoms with Crippen LogP contribution in [0.2, 0.25) is 0 Å². The Morgan fingerprint density at radius 3 is 1.91 bits per heavy atom. The minimum Gasteiger partial charge on any atom is -0.444 e. The van der Waals surface area contributed by atoms with Gasteiger partial charge >= 0.3 is 18.2 Å². The molecule has 0 aromatic rings. The fourth-order valence-corrected chi connectivity index (χ4v) is 1.83. The number of piperazine rings is 1. The quantitative estimate of drug-likeness (QED) is 0.805. The van der Waals surface area contributed by atoms with Crippen molar-refractivity contribution in [2.45, 2.75) is 32.5 Å². The number of carbonyl (C=O) groups excluding carboxylic acids is 3. The summed E-state index contributed by atoms with van der Waals surface area (Å²) in [6, 6.07) is 0. The van der Waals surface area contributed by atoms with Crippen LogP contribution in [0.25, 0.3) is 0 Å². The molecule has 0 aliphatic carbocycles. The second kappa shape index (κ2) is 7.05. The van der Waals surface area contributed by atoms with E-state index in [0.717, 1.165) is 0 Å². The summed E-state index contributed by atoms with van der Waals surface area (Å²) < 4.78 is 41.3. The van der Waals surface area contributed by atoms with E-state index in [9.17, 15) is 27.6 Å². The summed E-state index contributed by atoms with van der Waals surface area (Å²) in [5.74, 6) is -2.79. The summed E-state index contributed by atoms with van der Waals surface area (Å²) in [4.78, 5) is 36.9. The van der Waals surface area contributed by atoms with E-state index in [4.69, 9.17) is 4.74 Å². The Bertz CT molecular complexity index is 466. The summed E-state index contributed by atoms with van der Waals surface area (Å²) in [5.41, 5.74) is -0.633. The van der Waals surface area contributed by atoms with Crippen LogP contribution < -0.4 is 5.32 Å². The number of hydrogen-bond donors (Lipinski definition) is 1. The summed E-state index contributed by atoms with van der Waals surface area (Å²) in [6.45, 7) is 5.22. The highest BCUT2D eigenvalue weighted by atomic mass is 19.4. The van der Waals surface area contributed by atoms with Gasteiger partial charge in [-0.1, -0.05) is 0 Å². The molecule has 1 N–H and O–H groups in total. The highest BCUT2D eigenvalue weighted by molar-refractivity contribution is 5.87. The number of hydrogen-bond acceptors (Lipinski definition) is 4. The van der Waals surface area contributed by atoms with Gasteiger partial charge in [0.25, 0.3) is 0 Å². The number of carbonyl (C=O) groups is 3. The molecule has 0 saturated carbocycles. The maximum absolute atomic E-state index is 12.0. The third-order valence-corrected chi connectivity index (χ3v) is 2.94. The number of nitrogens with one attached hydrogen (secondary N) is 1. The third kappa shape index (κ3) is 6.33. The summed E-state index contributed by atoms with van der Waals surface area (Å²) in [6.07, 6.45) is -5.52. The van der Waals surface area contributed by atoms with Gasteiger partial charge in [-0.25, -0.2) is 4.79 Å². The second-order valence-electron chi connectivity index (χ2n) is 6.03. The van der Waals surface area contributed by atoms with Crippen molar-refractivity contribution in [2.75, 3.05) is 32.7 Å². The molecule has 0 unspecified atom stereocenters. The van der Waals surface area contributed by atoms with Gasteiger partial charge in [-0.15, -0.1) is 0 Å². The highest BCUT2D eigenvalue weighted by Crippen LogP contribution is 2.14. The third-order valence-electron chi connectivity index (χ3n) is 2.94. The molecule has 1 aliphatic heterocycles. The van der Waals surface area contributed by atoms with Gasteiger partial charge in [0.05, 0.1) is 6.54 Å². The molecule has 132 valence electrons. The molecule has 0 radical (unpaired) electrons. The Hall–Kier alpha value is -2.00. The van der Waals surface area contributed by atoms with Crippen molar-refractivity contribution in [1.29, 1.82) is 0 Å². The zero-order chi connectivity index (χ0) is 17.8. The summed E-state index contributed by atoms with van der Waals surface area (Å²) in [7, 11) is 0. The smallest absolute Gasteiger partial charge is 0.444 e. The van der Waals surface area contributed by atoms with Crippen molar-refractivity contribution in [1.82, 2.24) is 15.1 Å². The van der Waals surface area contributed by atoms with Crippen LogP contribution in [-0.2, 0) is 14.3 Å². The molecular formula is C13H20F3N3O4. The topological polar surface area (TPSA) is 79.0 Å². The Morgan fingerprint density at radius 2 is 1.48 bits per heavy atom. The average molecular weight is 339 g/mol. The van der Waals surface area contributed by atoms with Gasteiger partial charge in [-0.3, -0.25) is 9.59 Å². The summed E-state index contributed by atoms with van der Waals surface area (Å²) >= 11 is 0. The summed E-state index contributed by atoms with van der Waals surface area (Å²) in [5, 5.41) is 1.52. The molecule has 0 spiro atoms. The number of alkyl halides is 3. The van der Waals surface area contributed by atoms with Crippen LogP contribution in [0.4, 0.5) is 18.0 Å². The monoisotopic (exact) mass is 339 g/mol. The van der Waals surface area contributed by atoms with Crippen molar-refractivity contribution in [3.63, 3.8) is 0 Å². The van der Waals surface area contributed by atoms with Gasteiger partial charge in [-0.2, -0.15) is 13.2 Å². The average Bonchev–Trinajstić information content (AvgIpc) is 2.41. The predicted molar refractivity (Wildman–Crippen MR) is 73.5 cm³/mol. The first-order chi connectivity index (χ1) is 10.4. The lowest BCUT2D eigenvalue weighted by molar-refractivity contribution is -0.174. The predicted octanol–water partition coefficient (Wildman–Crippen LogP) is 0.744. The fraction of sp³-hybridized carbons (Fsp3) is 0.769. The van der Waals surface area contributed by atoms with E-state index in [1.54, 1.807) is 20.8 Å². The number of amides is 3. The maximum atomic E-state index is 12.0. The molecule has 0 bridgehead atoms. The van der Waals surface area contributed by atoms with E-state index < -0.39 is 36.2 Å². The van der Waals surface area contributed by atoms with Crippen LogP contribution in [0.5, 0.6) is 0 Å². The van der Waals surface area contributed by atoms with E-state index in [0.29, 0.717) is 0 Å². The van der Waals surface area contributed by atoms with E-state index in [1.807, 2.05) is 0 Å². The second-order valence-corrected chi connectivity index (χ2v) is 6.03. The van der Waals surface area contributed by atoms with Crippen LogP contribution in [-0.4, -0.2) is 72.2 Å². The molecule has 1 rings (SSSR count). The number of halogens is 3. The minimum absolute atomic E-state index is 0.167. The molecule has 10 heteroatoms. The van der Waals surface area contributed by atoms with Gasteiger partial charge < -0.3 is 19.9 Å². The van der Waals surface area contributed by atoms with Crippen LogP contribution in [0.3, 0.4) is 0 Å². The Labute approximate surface area is 131 Å². The number of nitrogens with zero attached hydrogens (tertiary/aromatic N) is 2. The Morgan fingerprint density at radius 1 is 1.00 bits per heavy atom. The normalized spacial score (nSPS) is 16.1. The Kier molecular flexibility index (Phi) is 5.84. The van der Waals surface area contributed by atoms with Gasteiger partial charge in [0.15, 0.2) is 0 Å². The first-order valence-electron chi connectivity index (χ1n) is 7.01. The zero-order valence-electron chi connectivity index (χ0n) is 13.2. The molecule has 0 atom stereocenters. The minimum atomic E-state index is -5.02. The SMILES string of the molecule is CC(C)(C)OC(=O)N1CCN(C(=O)CNC(=O)C(F)(F)F)CC1. The van der Waals surface area contributed by atoms with Gasteiger partial charge in [0.1, 0.15) is 5.60 Å². The van der Waals surface area contributed by atoms with E-state index >= 15 is 0 Å². The van der Waals surface area contributed by atoms with Crippen LogP contribution in [0.1, 0.15) is 20.8 Å². The first kappa shape index (κ1) is 19.0. The molecule has 7 nitrogen and oxygen atoms in total. The molecule has 1 fully saturated rings. The fourth-order valence-electron chi connectivity index (χ4n) is 1.83. The van der Waals surface area contributed by atoms with Crippen LogP contribution in [0.15, 0.2) is 0 Å². The van der Waals surface area contributed by atoms with Crippen molar-refractivity contribution < 1.29 is 32.3 Å². The van der Waals surface area contributed by atoms with Crippen LogP contribution in [0, 0.1) is 0 Å².